The number of hydrazine groups is 1. The van der Waals surface area contributed by atoms with Crippen molar-refractivity contribution >= 4 is 23.8 Å². The maximum atomic E-state index is 10.6. The van der Waals surface area contributed by atoms with E-state index in [1.54, 1.807) is 28.6 Å². The van der Waals surface area contributed by atoms with Gasteiger partial charge >= 0.3 is 0 Å². The summed E-state index contributed by atoms with van der Waals surface area (Å²) in [4.78, 5) is 10.5. The number of anilines is 1. The lowest BCUT2D eigenvalue weighted by atomic mass is 10.1. The Balaban J connectivity index is 1.54. The number of para-hydroxylation sites is 1. The van der Waals surface area contributed by atoms with Gasteiger partial charge in [-0.1, -0.05) is 18.2 Å². The van der Waals surface area contributed by atoms with Crippen molar-refractivity contribution in [3.8, 4) is 5.69 Å². The van der Waals surface area contributed by atoms with E-state index in [0.717, 1.165) is 17.1 Å². The Labute approximate surface area is 152 Å². The summed E-state index contributed by atoms with van der Waals surface area (Å²) < 4.78 is 1.87. The summed E-state index contributed by atoms with van der Waals surface area (Å²) in [6, 6.07) is 7.95. The van der Waals surface area contributed by atoms with Gasteiger partial charge in [-0.15, -0.1) is 9.89 Å². The van der Waals surface area contributed by atoms with Gasteiger partial charge in [-0.25, -0.2) is 15.0 Å². The molecule has 2 aliphatic heterocycles. The first-order chi connectivity index (χ1) is 12.7. The number of nitrogens with zero attached hydrogens (tertiary/aromatic N) is 8. The fraction of sp³-hybridized carbons (Fsp3) is 0.250. The average Bonchev–Trinajstić information content (AvgIpc) is 3.06. The molecule has 1 atom stereocenters. The molecule has 3 aliphatic rings. The third kappa shape index (κ3) is 1.68. The van der Waals surface area contributed by atoms with Crippen molar-refractivity contribution in [2.24, 2.45) is 4.99 Å². The van der Waals surface area contributed by atoms with E-state index in [-0.39, 0.29) is 6.17 Å². The van der Waals surface area contributed by atoms with E-state index in [0.29, 0.717) is 23.8 Å². The van der Waals surface area contributed by atoms with E-state index in [9.17, 15) is 5.11 Å². The molecule has 130 valence electrons. The molecule has 0 amide bonds. The van der Waals surface area contributed by atoms with Gasteiger partial charge in [0, 0.05) is 5.56 Å². The molecular weight excluding hydrogens is 356 g/mol. The van der Waals surface area contributed by atoms with Gasteiger partial charge in [0.25, 0.3) is 0 Å². The Morgan fingerprint density at radius 2 is 2.04 bits per heavy atom. The van der Waals surface area contributed by atoms with Crippen LogP contribution in [0, 0.1) is 0 Å². The summed E-state index contributed by atoms with van der Waals surface area (Å²) in [5.74, 6) is 0.764. The van der Waals surface area contributed by atoms with Crippen LogP contribution in [0.25, 0.3) is 5.69 Å². The normalized spacial score (nSPS) is 21.5. The standard InChI is InChI=1S/C16H13ClN8O/c17-15-18-8-13-23(15)11-4-2-1-3-10(11)14-19-9-22(24(13)14)25-12(7-20-21-25)16(26)5-6-16/h1-4,7-9,14,26H,5-6H2. The van der Waals surface area contributed by atoms with Crippen molar-refractivity contribution in [3.05, 3.63) is 53.2 Å². The Bertz CT molecular complexity index is 1070. The van der Waals surface area contributed by atoms with Crippen molar-refractivity contribution in [3.63, 3.8) is 0 Å². The van der Waals surface area contributed by atoms with Crippen LogP contribution in [0.4, 0.5) is 5.82 Å². The smallest absolute Gasteiger partial charge is 0.209 e. The Hall–Kier alpha value is -2.91. The quantitative estimate of drug-likeness (QED) is 0.737. The zero-order valence-electron chi connectivity index (χ0n) is 13.4. The minimum atomic E-state index is -0.874. The van der Waals surface area contributed by atoms with Gasteiger partial charge in [-0.2, -0.15) is 5.12 Å². The zero-order valence-corrected chi connectivity index (χ0v) is 14.2. The van der Waals surface area contributed by atoms with Gasteiger partial charge in [0.1, 0.15) is 17.6 Å². The maximum Gasteiger partial charge on any atom is 0.209 e. The number of imidazole rings is 1. The van der Waals surface area contributed by atoms with E-state index in [2.05, 4.69) is 20.3 Å². The second-order valence-electron chi connectivity index (χ2n) is 6.62. The van der Waals surface area contributed by atoms with Gasteiger partial charge < -0.3 is 5.11 Å². The first kappa shape index (κ1) is 14.3. The van der Waals surface area contributed by atoms with E-state index in [1.807, 2.05) is 33.8 Å². The molecule has 1 aliphatic carbocycles. The van der Waals surface area contributed by atoms with Crippen molar-refractivity contribution < 1.29 is 5.11 Å². The molecule has 1 saturated carbocycles. The Morgan fingerprint density at radius 3 is 2.88 bits per heavy atom. The molecule has 1 aromatic carbocycles. The molecule has 26 heavy (non-hydrogen) atoms. The van der Waals surface area contributed by atoms with Crippen LogP contribution in [-0.4, -0.2) is 36.1 Å². The molecule has 2 aromatic heterocycles. The molecule has 6 rings (SSSR count). The molecule has 9 nitrogen and oxygen atoms in total. The Morgan fingerprint density at radius 1 is 1.19 bits per heavy atom. The van der Waals surface area contributed by atoms with Crippen molar-refractivity contribution in [2.75, 3.05) is 10.1 Å². The molecule has 0 saturated heterocycles. The summed E-state index contributed by atoms with van der Waals surface area (Å²) >= 11 is 6.35. The summed E-state index contributed by atoms with van der Waals surface area (Å²) in [6.07, 6.45) is 6.11. The van der Waals surface area contributed by atoms with E-state index in [4.69, 9.17) is 11.6 Å². The molecular formula is C16H13ClN8O. The van der Waals surface area contributed by atoms with Crippen molar-refractivity contribution in [1.82, 2.24) is 24.7 Å². The second kappa shape index (κ2) is 4.63. The summed E-state index contributed by atoms with van der Waals surface area (Å²) in [5, 5.41) is 22.8. The van der Waals surface area contributed by atoms with E-state index >= 15 is 0 Å². The van der Waals surface area contributed by atoms with Gasteiger partial charge in [-0.05, 0) is 35.7 Å². The number of aliphatic hydroxyl groups is 1. The molecule has 0 radical (unpaired) electrons. The zero-order chi connectivity index (χ0) is 17.5. The molecule has 3 aromatic rings. The first-order valence-electron chi connectivity index (χ1n) is 8.25. The number of fused-ring (bicyclic) bond motifs is 6. The lowest BCUT2D eigenvalue weighted by Crippen LogP contribution is -2.50. The highest BCUT2D eigenvalue weighted by Crippen LogP contribution is 2.46. The predicted molar refractivity (Wildman–Crippen MR) is 93.7 cm³/mol. The van der Waals surface area contributed by atoms with Crippen LogP contribution in [-0.2, 0) is 5.60 Å². The number of hydrogen-bond donors (Lipinski definition) is 1. The average molecular weight is 369 g/mol. The van der Waals surface area contributed by atoms with Crippen LogP contribution >= 0.6 is 11.6 Å². The summed E-state index contributed by atoms with van der Waals surface area (Å²) in [5.41, 5.74) is 1.72. The number of benzene rings is 1. The number of hydrogen-bond acceptors (Lipinski definition) is 7. The second-order valence-corrected chi connectivity index (χ2v) is 6.96. The molecule has 0 bridgehead atoms. The third-order valence-electron chi connectivity index (χ3n) is 5.08. The fourth-order valence-corrected chi connectivity index (χ4v) is 3.84. The van der Waals surface area contributed by atoms with E-state index in [1.165, 1.54) is 0 Å². The number of halogens is 1. The third-order valence-corrected chi connectivity index (χ3v) is 5.35. The van der Waals surface area contributed by atoms with Crippen LogP contribution in [0.2, 0.25) is 5.28 Å². The minimum absolute atomic E-state index is 0.266. The topological polar surface area (TPSA) is 87.6 Å². The molecule has 1 N–H and O–H groups in total. The summed E-state index contributed by atoms with van der Waals surface area (Å²) in [6.45, 7) is 0. The highest BCUT2D eigenvalue weighted by Gasteiger charge is 2.48. The van der Waals surface area contributed by atoms with Gasteiger partial charge in [-0.3, -0.25) is 4.57 Å². The molecule has 10 heteroatoms. The van der Waals surface area contributed by atoms with Gasteiger partial charge in [0.05, 0.1) is 18.1 Å². The van der Waals surface area contributed by atoms with Crippen LogP contribution in [0.3, 0.4) is 0 Å². The minimum Gasteiger partial charge on any atom is -0.383 e. The van der Waals surface area contributed by atoms with Gasteiger partial charge in [0.15, 0.2) is 12.0 Å². The SMILES string of the molecule is OC1(c2cnnn2N2C=NC3c4ccccc4-n4c(cnc4Cl)N32)CC1. The summed E-state index contributed by atoms with van der Waals surface area (Å²) in [7, 11) is 0. The fourth-order valence-electron chi connectivity index (χ4n) is 3.61. The van der Waals surface area contributed by atoms with Crippen LogP contribution in [0.15, 0.2) is 41.7 Å². The van der Waals surface area contributed by atoms with Crippen LogP contribution in [0.1, 0.15) is 30.3 Å². The lowest BCUT2D eigenvalue weighted by molar-refractivity contribution is 0.140. The number of rotatable bonds is 2. The predicted octanol–water partition coefficient (Wildman–Crippen LogP) is 1.51. The largest absolute Gasteiger partial charge is 0.383 e. The number of aliphatic imine (C=N–C) groups is 1. The van der Waals surface area contributed by atoms with Gasteiger partial charge in [0.2, 0.25) is 5.28 Å². The molecule has 1 unspecified atom stereocenters. The molecule has 1 fully saturated rings. The number of aromatic nitrogens is 5. The van der Waals surface area contributed by atoms with Crippen molar-refractivity contribution in [1.29, 1.82) is 0 Å². The van der Waals surface area contributed by atoms with E-state index < -0.39 is 5.60 Å². The van der Waals surface area contributed by atoms with Crippen LogP contribution < -0.4 is 10.1 Å². The molecule has 4 heterocycles. The highest BCUT2D eigenvalue weighted by molar-refractivity contribution is 6.29. The monoisotopic (exact) mass is 368 g/mol. The first-order valence-corrected chi connectivity index (χ1v) is 8.63. The lowest BCUT2D eigenvalue weighted by Gasteiger charge is -2.37. The Kier molecular flexibility index (Phi) is 2.54. The van der Waals surface area contributed by atoms with Crippen LogP contribution in [0.5, 0.6) is 0 Å². The molecule has 0 spiro atoms. The maximum absolute atomic E-state index is 10.6. The highest BCUT2D eigenvalue weighted by atomic mass is 35.5. The van der Waals surface area contributed by atoms with Crippen molar-refractivity contribution in [2.45, 2.75) is 24.6 Å².